The molecule has 1 heteroatoms. The van der Waals surface area contributed by atoms with Gasteiger partial charge in [0.25, 0.3) is 0 Å². The fourth-order valence-corrected chi connectivity index (χ4v) is 6.28. The highest BCUT2D eigenvalue weighted by atomic mass is 14.5. The maximum atomic E-state index is 9.63. The summed E-state index contributed by atoms with van der Waals surface area (Å²) < 4.78 is 0. The standard InChI is InChI=1S/C21H35N/c1-3-5-6-16-7-10-19-17(13-16)8-9-18-14-21(4-2,15-22)12-11-20(18)19/h16-20H,3-14H2,1-2H3/t16-,17?,18?,19?,20?,21+/m1/s1. The summed E-state index contributed by atoms with van der Waals surface area (Å²) in [6.07, 6.45) is 16.6. The summed E-state index contributed by atoms with van der Waals surface area (Å²) in [5.74, 6) is 4.94. The van der Waals surface area contributed by atoms with E-state index in [9.17, 15) is 5.26 Å². The molecular formula is C21H35N. The number of fused-ring (bicyclic) bond motifs is 3. The van der Waals surface area contributed by atoms with E-state index in [0.717, 1.165) is 36.0 Å². The zero-order chi connectivity index (χ0) is 15.6. The molecule has 0 heterocycles. The minimum absolute atomic E-state index is 0.0341. The molecule has 22 heavy (non-hydrogen) atoms. The lowest BCUT2D eigenvalue weighted by Gasteiger charge is -2.52. The van der Waals surface area contributed by atoms with Gasteiger partial charge in [-0.05, 0) is 81.0 Å². The van der Waals surface area contributed by atoms with Crippen molar-refractivity contribution in [1.29, 1.82) is 5.26 Å². The summed E-state index contributed by atoms with van der Waals surface area (Å²) in [7, 11) is 0. The molecule has 0 bridgehead atoms. The summed E-state index contributed by atoms with van der Waals surface area (Å²) in [6, 6.07) is 2.70. The molecule has 0 spiro atoms. The van der Waals surface area contributed by atoms with Crippen LogP contribution in [0.15, 0.2) is 0 Å². The molecule has 1 nitrogen and oxygen atoms in total. The van der Waals surface area contributed by atoms with Crippen molar-refractivity contribution in [2.45, 2.75) is 90.9 Å². The molecule has 0 aliphatic heterocycles. The van der Waals surface area contributed by atoms with Gasteiger partial charge in [0, 0.05) is 0 Å². The van der Waals surface area contributed by atoms with Gasteiger partial charge in [-0.1, -0.05) is 39.5 Å². The molecule has 3 fully saturated rings. The first-order valence-electron chi connectivity index (χ1n) is 10.1. The Bertz CT molecular complexity index is 409. The van der Waals surface area contributed by atoms with Crippen molar-refractivity contribution in [2.24, 2.45) is 35.0 Å². The van der Waals surface area contributed by atoms with E-state index in [2.05, 4.69) is 19.9 Å². The first-order valence-corrected chi connectivity index (χ1v) is 10.1. The van der Waals surface area contributed by atoms with Gasteiger partial charge in [0.05, 0.1) is 11.5 Å². The van der Waals surface area contributed by atoms with Gasteiger partial charge >= 0.3 is 0 Å². The van der Waals surface area contributed by atoms with E-state index < -0.39 is 0 Å². The molecule has 3 saturated carbocycles. The number of rotatable bonds is 4. The van der Waals surface area contributed by atoms with E-state index >= 15 is 0 Å². The topological polar surface area (TPSA) is 23.8 Å². The second-order valence-electron chi connectivity index (χ2n) is 8.74. The Morgan fingerprint density at radius 1 is 1.00 bits per heavy atom. The molecule has 0 amide bonds. The minimum atomic E-state index is 0.0341. The highest BCUT2D eigenvalue weighted by molar-refractivity contribution is 5.05. The fourth-order valence-electron chi connectivity index (χ4n) is 6.28. The lowest BCUT2D eigenvalue weighted by Crippen LogP contribution is -2.43. The van der Waals surface area contributed by atoms with Crippen LogP contribution in [0.5, 0.6) is 0 Å². The Balaban J connectivity index is 1.61. The molecule has 0 aromatic heterocycles. The Kier molecular flexibility index (Phi) is 5.16. The molecule has 0 saturated heterocycles. The maximum Gasteiger partial charge on any atom is 0.0689 e. The SMILES string of the molecule is CCCC[C@@H]1CCC2C(CCC3C[C@](C#N)(CC)CCC32)C1. The van der Waals surface area contributed by atoms with Crippen LogP contribution in [-0.4, -0.2) is 0 Å². The van der Waals surface area contributed by atoms with Crippen molar-refractivity contribution in [3.63, 3.8) is 0 Å². The highest BCUT2D eigenvalue weighted by Crippen LogP contribution is 2.56. The predicted octanol–water partition coefficient (Wildman–Crippen LogP) is 6.34. The average molecular weight is 302 g/mol. The monoisotopic (exact) mass is 301 g/mol. The molecule has 4 unspecified atom stereocenters. The molecule has 0 radical (unpaired) electrons. The van der Waals surface area contributed by atoms with Crippen LogP contribution >= 0.6 is 0 Å². The molecule has 0 aromatic carbocycles. The van der Waals surface area contributed by atoms with E-state index in [1.54, 1.807) is 0 Å². The average Bonchev–Trinajstić information content (AvgIpc) is 2.58. The van der Waals surface area contributed by atoms with Crippen LogP contribution in [-0.2, 0) is 0 Å². The number of nitriles is 1. The first-order chi connectivity index (χ1) is 10.7. The van der Waals surface area contributed by atoms with E-state index in [4.69, 9.17) is 0 Å². The van der Waals surface area contributed by atoms with Crippen LogP contribution in [0.3, 0.4) is 0 Å². The number of nitrogens with zero attached hydrogens (tertiary/aromatic N) is 1. The van der Waals surface area contributed by atoms with Gasteiger partial charge in [-0.25, -0.2) is 0 Å². The Morgan fingerprint density at radius 3 is 2.50 bits per heavy atom. The third kappa shape index (κ3) is 3.08. The van der Waals surface area contributed by atoms with E-state index in [1.165, 1.54) is 70.6 Å². The van der Waals surface area contributed by atoms with Gasteiger partial charge < -0.3 is 0 Å². The fraction of sp³-hybridized carbons (Fsp3) is 0.952. The van der Waals surface area contributed by atoms with Crippen LogP contribution in [0, 0.1) is 46.3 Å². The van der Waals surface area contributed by atoms with Crippen molar-refractivity contribution in [1.82, 2.24) is 0 Å². The van der Waals surface area contributed by atoms with E-state index in [-0.39, 0.29) is 5.41 Å². The second-order valence-corrected chi connectivity index (χ2v) is 8.74. The molecule has 6 atom stereocenters. The van der Waals surface area contributed by atoms with Gasteiger partial charge in [-0.15, -0.1) is 0 Å². The van der Waals surface area contributed by atoms with E-state index in [0.29, 0.717) is 0 Å². The molecule has 124 valence electrons. The van der Waals surface area contributed by atoms with Gasteiger partial charge in [0.15, 0.2) is 0 Å². The third-order valence-electron chi connectivity index (χ3n) is 7.70. The number of hydrogen-bond donors (Lipinski definition) is 0. The van der Waals surface area contributed by atoms with Crippen molar-refractivity contribution < 1.29 is 0 Å². The van der Waals surface area contributed by atoms with Gasteiger partial charge in [-0.3, -0.25) is 0 Å². The first kappa shape index (κ1) is 16.4. The molecule has 0 N–H and O–H groups in total. The van der Waals surface area contributed by atoms with Crippen LogP contribution in [0.25, 0.3) is 0 Å². The molecular weight excluding hydrogens is 266 g/mol. The zero-order valence-corrected chi connectivity index (χ0v) is 14.8. The smallest absolute Gasteiger partial charge is 0.0689 e. The van der Waals surface area contributed by atoms with Crippen LogP contribution in [0.1, 0.15) is 90.9 Å². The summed E-state index contributed by atoms with van der Waals surface area (Å²) in [4.78, 5) is 0. The van der Waals surface area contributed by atoms with E-state index in [1.807, 2.05) is 0 Å². The molecule has 3 aliphatic carbocycles. The quantitative estimate of drug-likeness (QED) is 0.594. The zero-order valence-electron chi connectivity index (χ0n) is 14.8. The molecule has 0 aromatic rings. The predicted molar refractivity (Wildman–Crippen MR) is 92.2 cm³/mol. The van der Waals surface area contributed by atoms with Crippen molar-refractivity contribution in [3.05, 3.63) is 0 Å². The summed E-state index contributed by atoms with van der Waals surface area (Å²) >= 11 is 0. The lowest BCUT2D eigenvalue weighted by atomic mass is 9.52. The summed E-state index contributed by atoms with van der Waals surface area (Å²) in [5, 5.41) is 9.63. The summed E-state index contributed by atoms with van der Waals surface area (Å²) in [5.41, 5.74) is 0.0341. The molecule has 3 rings (SSSR count). The number of hydrogen-bond acceptors (Lipinski definition) is 1. The second kappa shape index (κ2) is 6.94. The minimum Gasteiger partial charge on any atom is -0.198 e. The Morgan fingerprint density at radius 2 is 1.77 bits per heavy atom. The largest absolute Gasteiger partial charge is 0.198 e. The van der Waals surface area contributed by atoms with Crippen LogP contribution in [0.2, 0.25) is 0 Å². The molecule has 3 aliphatic rings. The van der Waals surface area contributed by atoms with Gasteiger partial charge in [-0.2, -0.15) is 5.26 Å². The van der Waals surface area contributed by atoms with Gasteiger partial charge in [0.1, 0.15) is 0 Å². The van der Waals surface area contributed by atoms with Gasteiger partial charge in [0.2, 0.25) is 0 Å². The Hall–Kier alpha value is -0.510. The summed E-state index contributed by atoms with van der Waals surface area (Å²) in [6.45, 7) is 4.56. The third-order valence-corrected chi connectivity index (χ3v) is 7.70. The van der Waals surface area contributed by atoms with Crippen LogP contribution in [0.4, 0.5) is 0 Å². The van der Waals surface area contributed by atoms with Crippen LogP contribution < -0.4 is 0 Å². The van der Waals surface area contributed by atoms with Crippen molar-refractivity contribution in [2.75, 3.05) is 0 Å². The Labute approximate surface area is 137 Å². The lowest BCUT2D eigenvalue weighted by molar-refractivity contribution is -0.0167. The van der Waals surface area contributed by atoms with Crippen molar-refractivity contribution in [3.8, 4) is 6.07 Å². The highest BCUT2D eigenvalue weighted by Gasteiger charge is 2.47. The normalized spacial score (nSPS) is 44.7. The maximum absolute atomic E-state index is 9.63. The number of unbranched alkanes of at least 4 members (excludes halogenated alkanes) is 1. The van der Waals surface area contributed by atoms with Crippen molar-refractivity contribution >= 4 is 0 Å².